The second kappa shape index (κ2) is 16.5. The lowest BCUT2D eigenvalue weighted by Crippen LogP contribution is -2.57. The van der Waals surface area contributed by atoms with Gasteiger partial charge in [0.15, 0.2) is 6.23 Å². The van der Waals surface area contributed by atoms with Gasteiger partial charge in [0, 0.05) is 27.7 Å². The van der Waals surface area contributed by atoms with E-state index in [1.54, 1.807) is 6.20 Å². The lowest BCUT2D eigenvalue weighted by molar-refractivity contribution is -0.256. The number of hydrogen-bond acceptors (Lipinski definition) is 8. The number of para-hydroxylation sites is 1. The molecule has 322 valence electrons. The summed E-state index contributed by atoms with van der Waals surface area (Å²) in [5, 5.41) is 2.95. The van der Waals surface area contributed by atoms with Gasteiger partial charge in [-0.25, -0.2) is 9.88 Å². The molecular formula is C54H44N4O7. The highest BCUT2D eigenvalue weighted by Crippen LogP contribution is 2.55. The third-order valence-electron chi connectivity index (χ3n) is 13.0. The van der Waals surface area contributed by atoms with Gasteiger partial charge in [0.05, 0.1) is 60.7 Å². The van der Waals surface area contributed by atoms with Gasteiger partial charge in [0.25, 0.3) is 11.8 Å². The second-order valence-corrected chi connectivity index (χ2v) is 16.9. The molecule has 6 aromatic carbocycles. The number of imide groups is 1. The molecule has 3 aliphatic rings. The van der Waals surface area contributed by atoms with E-state index in [2.05, 4.69) is 39.5 Å². The molecular weight excluding hydrogens is 817 g/mol. The predicted octanol–water partition coefficient (Wildman–Crippen LogP) is 9.91. The third kappa shape index (κ3) is 6.65. The van der Waals surface area contributed by atoms with Crippen LogP contribution >= 0.6 is 0 Å². The number of hydrogen-bond donors (Lipinski definition) is 0. The summed E-state index contributed by atoms with van der Waals surface area (Å²) in [5.41, 5.74) is 7.82. The van der Waals surface area contributed by atoms with Gasteiger partial charge in [-0.05, 0) is 40.5 Å². The summed E-state index contributed by atoms with van der Waals surface area (Å²) in [5.74, 6) is -0.803. The molecule has 3 aromatic heterocycles. The second-order valence-electron chi connectivity index (χ2n) is 16.9. The summed E-state index contributed by atoms with van der Waals surface area (Å²) in [6, 6.07) is 51.4. The van der Waals surface area contributed by atoms with Gasteiger partial charge >= 0.3 is 0 Å². The zero-order valence-electron chi connectivity index (χ0n) is 35.4. The van der Waals surface area contributed by atoms with Crippen LogP contribution in [0, 0.1) is 0 Å². The molecule has 65 heavy (non-hydrogen) atoms. The van der Waals surface area contributed by atoms with E-state index < -0.39 is 42.4 Å². The molecule has 6 heterocycles. The van der Waals surface area contributed by atoms with Crippen LogP contribution in [0.25, 0.3) is 43.7 Å². The van der Waals surface area contributed by atoms with Gasteiger partial charge in [-0.2, -0.15) is 0 Å². The minimum Gasteiger partial charge on any atom is -0.374 e. The van der Waals surface area contributed by atoms with Gasteiger partial charge in [-0.15, -0.1) is 0 Å². The summed E-state index contributed by atoms with van der Waals surface area (Å²) < 4.78 is 38.8. The molecule has 11 heteroatoms. The number of amides is 2. The number of aromatic nitrogens is 3. The number of carbonyl (C=O) groups excluding carboxylic acids is 2. The molecule has 9 aromatic rings. The molecule has 0 unspecified atom stereocenters. The number of ether oxygens (including phenoxy) is 5. The van der Waals surface area contributed by atoms with E-state index in [-0.39, 0.29) is 19.9 Å². The molecule has 2 amide bonds. The number of fused-ring (bicyclic) bond motifs is 12. The van der Waals surface area contributed by atoms with E-state index in [0.29, 0.717) is 47.4 Å². The molecule has 0 aliphatic carbocycles. The van der Waals surface area contributed by atoms with Crippen molar-refractivity contribution in [3.8, 4) is 0 Å². The number of nitrogens with zero attached hydrogens (tertiary/aromatic N) is 4. The van der Waals surface area contributed by atoms with Crippen molar-refractivity contribution in [2.75, 3.05) is 13.3 Å². The zero-order valence-corrected chi connectivity index (χ0v) is 35.4. The Morgan fingerprint density at radius 3 is 1.66 bits per heavy atom. The van der Waals surface area contributed by atoms with Gasteiger partial charge < -0.3 is 32.8 Å². The smallest absolute Gasteiger partial charge is 0.264 e. The largest absolute Gasteiger partial charge is 0.374 e. The molecule has 0 radical (unpaired) electrons. The van der Waals surface area contributed by atoms with Crippen LogP contribution in [0.2, 0.25) is 0 Å². The van der Waals surface area contributed by atoms with Crippen molar-refractivity contribution in [1.29, 1.82) is 0 Å². The van der Waals surface area contributed by atoms with Crippen LogP contribution in [-0.2, 0) is 50.1 Å². The van der Waals surface area contributed by atoms with Gasteiger partial charge in [-0.3, -0.25) is 9.59 Å². The Labute approximate surface area is 374 Å². The number of benzene rings is 6. The highest BCUT2D eigenvalue weighted by Gasteiger charge is 2.54. The van der Waals surface area contributed by atoms with Crippen LogP contribution in [0.5, 0.6) is 0 Å². The first-order valence-electron chi connectivity index (χ1n) is 22.1. The maximum Gasteiger partial charge on any atom is 0.264 e. The predicted molar refractivity (Wildman–Crippen MR) is 246 cm³/mol. The van der Waals surface area contributed by atoms with Crippen LogP contribution in [0.3, 0.4) is 0 Å². The van der Waals surface area contributed by atoms with Crippen LogP contribution in [0.4, 0.5) is 0 Å². The van der Waals surface area contributed by atoms with Crippen LogP contribution in [0.15, 0.2) is 164 Å². The SMILES string of the molecule is O=C1c2c(c3c4ccccc4n4c3c3c2c2cccnc2n3[C@H]2[C@@H](OCc3ccccc3)[C@H](OCc3ccccc3)[C@@H](COCc3ccccc3)O[C@H]24)C(=O)N1COCc1ccccc1. The lowest BCUT2D eigenvalue weighted by Gasteiger charge is -2.49. The highest BCUT2D eigenvalue weighted by molar-refractivity contribution is 6.39. The highest BCUT2D eigenvalue weighted by atomic mass is 16.6. The quantitative estimate of drug-likeness (QED) is 0.0996. The van der Waals surface area contributed by atoms with Gasteiger partial charge in [-0.1, -0.05) is 140 Å². The fourth-order valence-corrected chi connectivity index (χ4v) is 10.2. The van der Waals surface area contributed by atoms with E-state index >= 15 is 0 Å². The Bertz CT molecular complexity index is 3230. The molecule has 0 spiro atoms. The van der Waals surface area contributed by atoms with Crippen LogP contribution < -0.4 is 0 Å². The molecule has 12 rings (SSSR count). The molecule has 11 nitrogen and oxygen atoms in total. The molecule has 1 fully saturated rings. The molecule has 0 N–H and O–H groups in total. The number of pyridine rings is 1. The monoisotopic (exact) mass is 860 g/mol. The maximum absolute atomic E-state index is 15.0. The van der Waals surface area contributed by atoms with E-state index in [0.717, 1.165) is 49.6 Å². The number of carbonyl (C=O) groups is 2. The topological polar surface area (TPSA) is 106 Å². The normalized spacial score (nSPS) is 20.1. The summed E-state index contributed by atoms with van der Waals surface area (Å²) in [6.45, 7) is 1.26. The molecule has 1 saturated heterocycles. The Morgan fingerprint density at radius 1 is 0.523 bits per heavy atom. The van der Waals surface area contributed by atoms with Crippen molar-refractivity contribution in [2.24, 2.45) is 0 Å². The summed E-state index contributed by atoms with van der Waals surface area (Å²) in [7, 11) is 0. The average molecular weight is 861 g/mol. The van der Waals surface area contributed by atoms with Crippen LogP contribution in [-0.4, -0.2) is 62.5 Å². The molecule has 0 saturated carbocycles. The van der Waals surface area contributed by atoms with Crippen molar-refractivity contribution < 1.29 is 33.3 Å². The van der Waals surface area contributed by atoms with Crippen molar-refractivity contribution in [1.82, 2.24) is 19.0 Å². The van der Waals surface area contributed by atoms with E-state index in [1.165, 1.54) is 4.90 Å². The summed E-state index contributed by atoms with van der Waals surface area (Å²) >= 11 is 0. The van der Waals surface area contributed by atoms with Crippen molar-refractivity contribution in [3.05, 3.63) is 197 Å². The first-order valence-corrected chi connectivity index (χ1v) is 22.1. The van der Waals surface area contributed by atoms with Crippen molar-refractivity contribution >= 4 is 55.6 Å². The fourth-order valence-electron chi connectivity index (χ4n) is 10.2. The fraction of sp³-hybridized carbons (Fsp3) is 0.204. The Kier molecular flexibility index (Phi) is 10.1. The maximum atomic E-state index is 15.0. The van der Waals surface area contributed by atoms with Crippen molar-refractivity contribution in [2.45, 2.75) is 57.0 Å². The van der Waals surface area contributed by atoms with Gasteiger partial charge in [0.2, 0.25) is 0 Å². The van der Waals surface area contributed by atoms with Crippen molar-refractivity contribution in [3.63, 3.8) is 0 Å². The molecule has 0 bridgehead atoms. The minimum atomic E-state index is -0.677. The lowest BCUT2D eigenvalue weighted by atomic mass is 9.92. The Balaban J connectivity index is 1.06. The first-order chi connectivity index (χ1) is 32.1. The zero-order chi connectivity index (χ0) is 43.4. The Morgan fingerprint density at radius 2 is 1.03 bits per heavy atom. The van der Waals surface area contributed by atoms with Crippen LogP contribution in [0.1, 0.15) is 55.2 Å². The minimum absolute atomic E-state index is 0.200. The Hall–Kier alpha value is -6.99. The number of rotatable bonds is 14. The van der Waals surface area contributed by atoms with Gasteiger partial charge in [0.1, 0.15) is 36.7 Å². The molecule has 3 aliphatic heterocycles. The first kappa shape index (κ1) is 39.6. The summed E-state index contributed by atoms with van der Waals surface area (Å²) in [6.07, 6.45) is -0.751. The standard InChI is InChI=1S/C54H44N4O7/c59-52-44-42-38-24-13-14-26-40(38)57-46(42)47-43(45(44)53(60)56(52)33-62-29-35-18-7-2-8-19-35)39-25-15-27-55-51(39)58(47)48-50(64-31-37-22-11-4-12-23-37)49(63-30-36-20-9-3-10-21-36)41(65-54(48)57)32-61-28-34-16-5-1-6-17-34/h1-27,41,48-50,54H,28-33H2/t41-,48+,49-,50-,54-/m1/s1. The summed E-state index contributed by atoms with van der Waals surface area (Å²) in [4.78, 5) is 36.1. The van der Waals surface area contributed by atoms with E-state index in [9.17, 15) is 9.59 Å². The average Bonchev–Trinajstić information content (AvgIpc) is 3.96. The molecule has 5 atom stereocenters. The van der Waals surface area contributed by atoms with E-state index in [4.69, 9.17) is 28.7 Å². The van der Waals surface area contributed by atoms with E-state index in [1.807, 2.05) is 127 Å². The third-order valence-corrected chi connectivity index (χ3v) is 13.0.